The monoisotopic (exact) mass is 330 g/mol. The summed E-state index contributed by atoms with van der Waals surface area (Å²) in [4.78, 5) is 17.9. The Balaban J connectivity index is 1.79. The molecule has 4 heteroatoms. The van der Waals surface area contributed by atoms with Gasteiger partial charge in [-0.15, -0.1) is 0 Å². The molecule has 25 heavy (non-hydrogen) atoms. The summed E-state index contributed by atoms with van der Waals surface area (Å²) in [7, 11) is 0. The maximum atomic E-state index is 13.1. The Hall–Kier alpha value is -2.88. The normalized spacial score (nSPS) is 17.8. The van der Waals surface area contributed by atoms with E-state index in [1.54, 1.807) is 0 Å². The standard InChI is InChI=1S/C21H18N2O2/c1-3-15-12(2)25-11-17-16(15)9-19-20-14(10-23(19)21(17)24)8-13-6-4-5-7-18(13)22-20/h4-9,15H,2-3,10-11H2,1H3. The van der Waals surface area contributed by atoms with Gasteiger partial charge < -0.3 is 9.30 Å². The van der Waals surface area contributed by atoms with Crippen molar-refractivity contribution < 1.29 is 4.74 Å². The molecule has 0 amide bonds. The lowest BCUT2D eigenvalue weighted by molar-refractivity contribution is 0.162. The third-order valence-corrected chi connectivity index (χ3v) is 5.38. The van der Waals surface area contributed by atoms with E-state index in [0.29, 0.717) is 13.2 Å². The second kappa shape index (κ2) is 5.06. The number of aromatic nitrogens is 2. The fourth-order valence-corrected chi connectivity index (χ4v) is 4.08. The first kappa shape index (κ1) is 14.5. The van der Waals surface area contributed by atoms with Crippen molar-refractivity contribution in [1.82, 2.24) is 9.55 Å². The third kappa shape index (κ3) is 1.94. The second-order valence-corrected chi connectivity index (χ2v) is 6.76. The van der Waals surface area contributed by atoms with Gasteiger partial charge in [0.05, 0.1) is 34.8 Å². The molecular formula is C21H18N2O2. The number of fused-ring (bicyclic) bond motifs is 5. The Morgan fingerprint density at radius 3 is 3.00 bits per heavy atom. The average molecular weight is 330 g/mol. The van der Waals surface area contributed by atoms with Crippen LogP contribution in [0.2, 0.25) is 0 Å². The van der Waals surface area contributed by atoms with Gasteiger partial charge in [-0.1, -0.05) is 31.7 Å². The molecule has 2 aromatic heterocycles. The molecule has 0 radical (unpaired) electrons. The Bertz CT molecular complexity index is 1110. The highest BCUT2D eigenvalue weighted by atomic mass is 16.5. The van der Waals surface area contributed by atoms with E-state index >= 15 is 0 Å². The Morgan fingerprint density at radius 2 is 2.16 bits per heavy atom. The lowest BCUT2D eigenvalue weighted by Gasteiger charge is -2.27. The highest BCUT2D eigenvalue weighted by Gasteiger charge is 2.31. The first-order valence-electron chi connectivity index (χ1n) is 8.64. The number of hydrogen-bond donors (Lipinski definition) is 0. The van der Waals surface area contributed by atoms with Crippen LogP contribution in [0, 0.1) is 0 Å². The van der Waals surface area contributed by atoms with Gasteiger partial charge in [-0.25, -0.2) is 4.98 Å². The summed E-state index contributed by atoms with van der Waals surface area (Å²) in [6.07, 6.45) is 0.868. The molecule has 2 aliphatic rings. The molecule has 0 fully saturated rings. The van der Waals surface area contributed by atoms with E-state index in [9.17, 15) is 4.79 Å². The first-order valence-corrected chi connectivity index (χ1v) is 8.64. The van der Waals surface area contributed by atoms with Crippen molar-refractivity contribution in [1.29, 1.82) is 0 Å². The minimum atomic E-state index is 0.0421. The topological polar surface area (TPSA) is 44.1 Å². The summed E-state index contributed by atoms with van der Waals surface area (Å²) in [5.74, 6) is 0.830. The van der Waals surface area contributed by atoms with Crippen molar-refractivity contribution in [2.24, 2.45) is 0 Å². The van der Waals surface area contributed by atoms with Crippen molar-refractivity contribution in [2.75, 3.05) is 0 Å². The SMILES string of the molecule is C=C1OCc2c(cc3n(c2=O)Cc2cc4ccccc4nc2-3)C1CC. The Kier molecular flexibility index (Phi) is 2.93. The van der Waals surface area contributed by atoms with Crippen molar-refractivity contribution in [3.8, 4) is 11.4 Å². The molecule has 124 valence electrons. The molecule has 1 aromatic carbocycles. The predicted octanol–water partition coefficient (Wildman–Crippen LogP) is 3.96. The number of pyridine rings is 2. The third-order valence-electron chi connectivity index (χ3n) is 5.38. The summed E-state index contributed by atoms with van der Waals surface area (Å²) < 4.78 is 7.50. The smallest absolute Gasteiger partial charge is 0.258 e. The molecule has 3 aromatic rings. The molecule has 5 rings (SSSR count). The lowest BCUT2D eigenvalue weighted by atomic mass is 9.89. The van der Waals surface area contributed by atoms with Gasteiger partial charge in [-0.2, -0.15) is 0 Å². The molecule has 0 saturated heterocycles. The van der Waals surface area contributed by atoms with Gasteiger partial charge in [0.25, 0.3) is 5.56 Å². The van der Waals surface area contributed by atoms with Crippen molar-refractivity contribution in [2.45, 2.75) is 32.4 Å². The van der Waals surface area contributed by atoms with Crippen LogP contribution in [-0.2, 0) is 17.9 Å². The van der Waals surface area contributed by atoms with Crippen molar-refractivity contribution >= 4 is 10.9 Å². The number of para-hydroxylation sites is 1. The van der Waals surface area contributed by atoms with Crippen LogP contribution in [0.4, 0.5) is 0 Å². The van der Waals surface area contributed by atoms with Gasteiger partial charge in [0.2, 0.25) is 0 Å². The molecule has 0 spiro atoms. The zero-order valence-corrected chi connectivity index (χ0v) is 14.1. The number of rotatable bonds is 1. The summed E-state index contributed by atoms with van der Waals surface area (Å²) >= 11 is 0. The Morgan fingerprint density at radius 1 is 1.32 bits per heavy atom. The van der Waals surface area contributed by atoms with E-state index in [0.717, 1.165) is 51.2 Å². The summed E-state index contributed by atoms with van der Waals surface area (Å²) in [5.41, 5.74) is 5.76. The lowest BCUT2D eigenvalue weighted by Crippen LogP contribution is -2.29. The molecule has 2 aliphatic heterocycles. The summed E-state index contributed by atoms with van der Waals surface area (Å²) in [5, 5.41) is 1.11. The van der Waals surface area contributed by atoms with Gasteiger partial charge in [0, 0.05) is 16.9 Å². The molecule has 0 saturated carbocycles. The van der Waals surface area contributed by atoms with Crippen LogP contribution in [0.15, 0.2) is 53.5 Å². The van der Waals surface area contributed by atoms with Gasteiger partial charge in [-0.3, -0.25) is 4.79 Å². The van der Waals surface area contributed by atoms with Crippen LogP contribution in [0.25, 0.3) is 22.3 Å². The molecule has 1 unspecified atom stereocenters. The van der Waals surface area contributed by atoms with Gasteiger partial charge in [0.1, 0.15) is 6.61 Å². The highest BCUT2D eigenvalue weighted by molar-refractivity contribution is 5.84. The molecule has 4 nitrogen and oxygen atoms in total. The van der Waals surface area contributed by atoms with Crippen LogP contribution >= 0.6 is 0 Å². The van der Waals surface area contributed by atoms with Gasteiger partial charge in [-0.05, 0) is 30.2 Å². The highest BCUT2D eigenvalue weighted by Crippen LogP contribution is 2.39. The quantitative estimate of drug-likeness (QED) is 0.530. The minimum absolute atomic E-state index is 0.0421. The zero-order chi connectivity index (χ0) is 17.1. The van der Waals surface area contributed by atoms with Crippen LogP contribution in [0.3, 0.4) is 0 Å². The molecule has 0 bridgehead atoms. The van der Waals surface area contributed by atoms with Crippen LogP contribution in [0.1, 0.15) is 36.0 Å². The number of nitrogens with zero attached hydrogens (tertiary/aromatic N) is 2. The predicted molar refractivity (Wildman–Crippen MR) is 97.5 cm³/mol. The first-order chi connectivity index (χ1) is 12.2. The van der Waals surface area contributed by atoms with E-state index in [1.807, 2.05) is 22.8 Å². The van der Waals surface area contributed by atoms with Crippen LogP contribution in [-0.4, -0.2) is 9.55 Å². The van der Waals surface area contributed by atoms with Gasteiger partial charge in [0.15, 0.2) is 0 Å². The number of ether oxygens (including phenoxy) is 1. The minimum Gasteiger partial charge on any atom is -0.493 e. The average Bonchev–Trinajstić information content (AvgIpc) is 2.98. The van der Waals surface area contributed by atoms with Crippen LogP contribution < -0.4 is 5.56 Å². The largest absolute Gasteiger partial charge is 0.493 e. The van der Waals surface area contributed by atoms with E-state index in [2.05, 4.69) is 31.7 Å². The molecular weight excluding hydrogens is 312 g/mol. The molecule has 0 N–H and O–H groups in total. The number of hydrogen-bond acceptors (Lipinski definition) is 3. The van der Waals surface area contributed by atoms with Crippen LogP contribution in [0.5, 0.6) is 0 Å². The fraction of sp³-hybridized carbons (Fsp3) is 0.238. The van der Waals surface area contributed by atoms with E-state index < -0.39 is 0 Å². The second-order valence-electron chi connectivity index (χ2n) is 6.76. The van der Waals surface area contributed by atoms with Crippen molar-refractivity contribution in [3.05, 3.63) is 75.8 Å². The maximum Gasteiger partial charge on any atom is 0.258 e. The van der Waals surface area contributed by atoms with Gasteiger partial charge >= 0.3 is 0 Å². The Labute approximate surface area is 145 Å². The molecule has 1 atom stereocenters. The zero-order valence-electron chi connectivity index (χ0n) is 14.1. The van der Waals surface area contributed by atoms with E-state index in [4.69, 9.17) is 9.72 Å². The van der Waals surface area contributed by atoms with E-state index in [1.165, 1.54) is 0 Å². The van der Waals surface area contributed by atoms with E-state index in [-0.39, 0.29) is 11.5 Å². The summed E-state index contributed by atoms with van der Waals surface area (Å²) in [6, 6.07) is 12.4. The molecule has 4 heterocycles. The number of allylic oxidation sites excluding steroid dienone is 1. The number of benzene rings is 1. The fourth-order valence-electron chi connectivity index (χ4n) is 4.08. The summed E-state index contributed by atoms with van der Waals surface area (Å²) in [6.45, 7) is 7.01. The maximum absolute atomic E-state index is 13.1. The van der Waals surface area contributed by atoms with Crippen molar-refractivity contribution in [3.63, 3.8) is 0 Å². The molecule has 0 aliphatic carbocycles.